The van der Waals surface area contributed by atoms with Crippen LogP contribution in [-0.2, 0) is 25.5 Å². The highest BCUT2D eigenvalue weighted by Gasteiger charge is 2.49. The molecule has 5 N–H and O–H groups in total. The minimum absolute atomic E-state index is 0.198. The van der Waals surface area contributed by atoms with Gasteiger partial charge in [-0.1, -0.05) is 23.7 Å². The highest BCUT2D eigenvalue weighted by Crippen LogP contribution is 2.26. The number of ether oxygens (including phenoxy) is 3. The van der Waals surface area contributed by atoms with Crippen LogP contribution in [0.4, 0.5) is 0 Å². The van der Waals surface area contributed by atoms with Crippen molar-refractivity contribution < 1.29 is 57.2 Å². The molecule has 1 aliphatic rings. The summed E-state index contributed by atoms with van der Waals surface area (Å²) in [6.45, 7) is -7.27. The molecule has 1 amide bonds. The number of hydrogen-bond donors (Lipinski definition) is 5. The fraction of sp³-hybridized carbons (Fsp3) is 0.400. The third kappa shape index (κ3) is 7.18. The van der Waals surface area contributed by atoms with Gasteiger partial charge in [0.15, 0.2) is 11.7 Å². The van der Waals surface area contributed by atoms with E-state index in [0.717, 1.165) is 0 Å². The van der Waals surface area contributed by atoms with Crippen molar-refractivity contribution in [3.63, 3.8) is 0 Å². The van der Waals surface area contributed by atoms with Crippen molar-refractivity contribution in [3.05, 3.63) is 64.7 Å². The number of aliphatic hydroxyl groups is 3. The fourth-order valence-corrected chi connectivity index (χ4v) is 3.43. The lowest BCUT2D eigenvalue weighted by Gasteiger charge is -2.39. The van der Waals surface area contributed by atoms with Gasteiger partial charge in [-0.15, -0.1) is 0 Å². The molecule has 0 aliphatic carbocycles. The van der Waals surface area contributed by atoms with Crippen molar-refractivity contribution in [3.8, 4) is 5.75 Å². The van der Waals surface area contributed by atoms with E-state index in [1.807, 2.05) is 0 Å². The SMILES string of the molecule is [2H]C([2H])([2H])C(Oc1ccc(CCNC(=O)c2ccc(Cl)cc2)cc1)(C(=O)O[C@@H]1O[C@H](C(=O)O)[C@@H](O)[C@H](O)[C@H]1O)C([2H])([2H])[2H]. The van der Waals surface area contributed by atoms with Gasteiger partial charge in [-0.25, -0.2) is 9.59 Å². The molecule has 1 saturated heterocycles. The molecule has 0 spiro atoms. The quantitative estimate of drug-likeness (QED) is 0.286. The number of rotatable bonds is 9. The smallest absolute Gasteiger partial charge is 0.352 e. The molecule has 0 aromatic heterocycles. The van der Waals surface area contributed by atoms with Crippen LogP contribution in [0.3, 0.4) is 0 Å². The second-order valence-electron chi connectivity index (χ2n) is 8.08. The number of carboxylic acid groups (broad SMARTS) is 1. The molecule has 200 valence electrons. The topological polar surface area (TPSA) is 172 Å². The Morgan fingerprint density at radius 2 is 1.68 bits per heavy atom. The monoisotopic (exact) mass is 543 g/mol. The zero-order valence-electron chi connectivity index (χ0n) is 25.0. The molecule has 1 heterocycles. The third-order valence-electron chi connectivity index (χ3n) is 5.32. The van der Waals surface area contributed by atoms with E-state index in [0.29, 0.717) is 22.6 Å². The van der Waals surface area contributed by atoms with Gasteiger partial charge in [-0.3, -0.25) is 4.79 Å². The fourth-order valence-electron chi connectivity index (χ4n) is 3.30. The largest absolute Gasteiger partial charge is 0.479 e. The van der Waals surface area contributed by atoms with Gasteiger partial charge in [-0.2, -0.15) is 0 Å². The average Bonchev–Trinajstić information content (AvgIpc) is 2.91. The minimum atomic E-state index is -3.73. The van der Waals surface area contributed by atoms with Gasteiger partial charge in [0, 0.05) is 25.4 Å². The van der Waals surface area contributed by atoms with E-state index in [4.69, 9.17) is 34.0 Å². The van der Waals surface area contributed by atoms with E-state index in [-0.39, 0.29) is 18.2 Å². The highest BCUT2D eigenvalue weighted by molar-refractivity contribution is 6.30. The maximum absolute atomic E-state index is 13.3. The number of halogens is 1. The van der Waals surface area contributed by atoms with Crippen molar-refractivity contribution >= 4 is 29.4 Å². The van der Waals surface area contributed by atoms with Crippen molar-refractivity contribution in [1.82, 2.24) is 5.32 Å². The lowest BCUT2D eigenvalue weighted by atomic mass is 9.99. The molecule has 11 nitrogen and oxygen atoms in total. The number of hydrogen-bond acceptors (Lipinski definition) is 9. The Balaban J connectivity index is 1.79. The van der Waals surface area contributed by atoms with Gasteiger partial charge < -0.3 is 40.0 Å². The second-order valence-corrected chi connectivity index (χ2v) is 8.52. The molecule has 1 aliphatic heterocycles. The molecule has 3 rings (SSSR count). The Labute approximate surface area is 226 Å². The summed E-state index contributed by atoms with van der Waals surface area (Å²) in [5.41, 5.74) is -2.71. The molecular formula is C25H28ClNO10. The van der Waals surface area contributed by atoms with Crippen molar-refractivity contribution in [2.24, 2.45) is 0 Å². The lowest BCUT2D eigenvalue weighted by Crippen LogP contribution is -2.61. The molecule has 1 fully saturated rings. The number of carbonyl (C=O) groups is 3. The average molecular weight is 544 g/mol. The summed E-state index contributed by atoms with van der Waals surface area (Å²) in [5, 5.41) is 42.3. The van der Waals surface area contributed by atoms with E-state index >= 15 is 0 Å². The standard InChI is InChI=1S/C25H28ClNO10/c1-25(2,24(34)36-23-19(30)17(28)18(29)20(35-23)22(32)33)37-16-9-3-13(4-10-16)11-12-27-21(31)14-5-7-15(26)8-6-14/h3-10,17-20,23,28-30H,11-12H2,1-2H3,(H,27,31)(H,32,33)/t17-,18-,19+,20-,23-/m0/s1/i1D3,2D3. The number of carbonyl (C=O) groups excluding carboxylic acids is 2. The first-order chi connectivity index (χ1) is 19.9. The van der Waals surface area contributed by atoms with E-state index < -0.39 is 61.9 Å². The molecular weight excluding hydrogens is 510 g/mol. The summed E-state index contributed by atoms with van der Waals surface area (Å²) in [7, 11) is 0. The number of nitrogens with one attached hydrogen (secondary N) is 1. The minimum Gasteiger partial charge on any atom is -0.479 e. The third-order valence-corrected chi connectivity index (χ3v) is 5.58. The Kier molecular flexibility index (Phi) is 6.68. The van der Waals surface area contributed by atoms with Gasteiger partial charge in [-0.05, 0) is 62.1 Å². The van der Waals surface area contributed by atoms with Crippen LogP contribution in [0.2, 0.25) is 5.02 Å². The van der Waals surface area contributed by atoms with Crippen molar-refractivity contribution in [1.29, 1.82) is 0 Å². The van der Waals surface area contributed by atoms with Crippen LogP contribution in [0.1, 0.15) is 37.8 Å². The lowest BCUT2D eigenvalue weighted by molar-refractivity contribution is -0.289. The van der Waals surface area contributed by atoms with Crippen molar-refractivity contribution in [2.45, 2.75) is 56.4 Å². The zero-order chi connectivity index (χ0) is 32.3. The molecule has 0 unspecified atom stereocenters. The van der Waals surface area contributed by atoms with Gasteiger partial charge in [0.1, 0.15) is 24.1 Å². The van der Waals surface area contributed by atoms with Gasteiger partial charge >= 0.3 is 11.9 Å². The van der Waals surface area contributed by atoms with Gasteiger partial charge in [0.05, 0.1) is 0 Å². The summed E-state index contributed by atoms with van der Waals surface area (Å²) in [4.78, 5) is 36.9. The molecule has 12 heteroatoms. The van der Waals surface area contributed by atoms with Crippen LogP contribution in [0.25, 0.3) is 0 Å². The molecule has 0 radical (unpaired) electrons. The first kappa shape index (κ1) is 20.8. The number of amides is 1. The van der Waals surface area contributed by atoms with Gasteiger partial charge in [0.2, 0.25) is 6.29 Å². The second kappa shape index (κ2) is 11.9. The zero-order valence-corrected chi connectivity index (χ0v) is 19.8. The Bertz CT molecular complexity index is 1290. The maximum Gasteiger partial charge on any atom is 0.352 e. The summed E-state index contributed by atoms with van der Waals surface area (Å²) < 4.78 is 62.3. The van der Waals surface area contributed by atoms with E-state index in [1.165, 1.54) is 24.3 Å². The van der Waals surface area contributed by atoms with Crippen LogP contribution in [0, 0.1) is 0 Å². The first-order valence-corrected chi connectivity index (χ1v) is 11.2. The van der Waals surface area contributed by atoms with E-state index in [9.17, 15) is 34.8 Å². The first-order valence-electron chi connectivity index (χ1n) is 13.8. The van der Waals surface area contributed by atoms with E-state index in [2.05, 4.69) is 5.32 Å². The summed E-state index contributed by atoms with van der Waals surface area (Å²) in [6.07, 6.45) is -10.9. The van der Waals surface area contributed by atoms with Crippen LogP contribution < -0.4 is 10.1 Å². The van der Waals surface area contributed by atoms with Gasteiger partial charge in [0.25, 0.3) is 5.91 Å². The molecule has 0 saturated carbocycles. The van der Waals surface area contributed by atoms with Crippen LogP contribution in [0.15, 0.2) is 48.5 Å². The van der Waals surface area contributed by atoms with E-state index in [1.54, 1.807) is 24.3 Å². The summed E-state index contributed by atoms with van der Waals surface area (Å²) in [5.74, 6) is -4.64. The van der Waals surface area contributed by atoms with Crippen molar-refractivity contribution in [2.75, 3.05) is 6.54 Å². The van der Waals surface area contributed by atoms with Crippen LogP contribution in [0.5, 0.6) is 5.75 Å². The summed E-state index contributed by atoms with van der Waals surface area (Å²) in [6, 6.07) is 11.5. The number of esters is 1. The maximum atomic E-state index is 13.3. The number of benzene rings is 2. The number of carboxylic acids is 1. The normalized spacial score (nSPS) is 26.8. The Hall–Kier alpha value is -3.22. The summed E-state index contributed by atoms with van der Waals surface area (Å²) >= 11 is 5.81. The predicted molar refractivity (Wildman–Crippen MR) is 129 cm³/mol. The molecule has 0 bridgehead atoms. The Morgan fingerprint density at radius 1 is 1.03 bits per heavy atom. The van der Waals surface area contributed by atoms with Crippen LogP contribution in [-0.4, -0.2) is 81.1 Å². The number of aliphatic hydroxyl groups excluding tert-OH is 3. The molecule has 37 heavy (non-hydrogen) atoms. The molecule has 5 atom stereocenters. The predicted octanol–water partition coefficient (Wildman–Crippen LogP) is 0.905. The van der Waals surface area contributed by atoms with Crippen LogP contribution >= 0.6 is 11.6 Å². The Morgan fingerprint density at radius 3 is 2.27 bits per heavy atom. The molecule has 2 aromatic rings. The molecule has 2 aromatic carbocycles. The number of aliphatic carboxylic acids is 1. The highest BCUT2D eigenvalue weighted by atomic mass is 35.5.